The van der Waals surface area contributed by atoms with E-state index >= 15 is 0 Å². The first-order valence-corrected chi connectivity index (χ1v) is 6.23. The van der Waals surface area contributed by atoms with Crippen molar-refractivity contribution in [3.05, 3.63) is 29.8 Å². The molecule has 91 valence electrons. The summed E-state index contributed by atoms with van der Waals surface area (Å²) in [5, 5.41) is 3.22. The van der Waals surface area contributed by atoms with Crippen molar-refractivity contribution in [1.82, 2.24) is 0 Å². The first-order valence-electron chi connectivity index (χ1n) is 6.23. The molecule has 3 nitrogen and oxygen atoms in total. The van der Waals surface area contributed by atoms with Gasteiger partial charge in [-0.2, -0.15) is 0 Å². The summed E-state index contributed by atoms with van der Waals surface area (Å²) in [6, 6.07) is 8.65. The van der Waals surface area contributed by atoms with Crippen molar-refractivity contribution >= 4 is 11.7 Å². The maximum atomic E-state index is 11.8. The predicted octanol–water partition coefficient (Wildman–Crippen LogP) is 2.56. The van der Waals surface area contributed by atoms with Crippen LogP contribution in [0.25, 0.3) is 0 Å². The summed E-state index contributed by atoms with van der Waals surface area (Å²) in [5.74, 6) is -0.132. The van der Waals surface area contributed by atoms with E-state index in [2.05, 4.69) is 18.3 Å². The van der Waals surface area contributed by atoms with Gasteiger partial charge in [-0.1, -0.05) is 25.5 Å². The lowest BCUT2D eigenvalue weighted by atomic mass is 9.98. The Morgan fingerprint density at radius 1 is 1.65 bits per heavy atom. The molecular weight excluding hydrogens is 214 g/mol. The summed E-state index contributed by atoms with van der Waals surface area (Å²) in [5.41, 5.74) is 2.26. The van der Waals surface area contributed by atoms with Crippen LogP contribution in [-0.2, 0) is 16.0 Å². The zero-order chi connectivity index (χ0) is 12.1. The molecule has 0 saturated heterocycles. The summed E-state index contributed by atoms with van der Waals surface area (Å²) in [7, 11) is 0. The van der Waals surface area contributed by atoms with E-state index in [1.807, 2.05) is 18.2 Å². The fraction of sp³-hybridized carbons (Fsp3) is 0.500. The molecule has 0 aliphatic carbocycles. The van der Waals surface area contributed by atoms with Crippen LogP contribution in [0.1, 0.15) is 31.7 Å². The number of anilines is 1. The Morgan fingerprint density at radius 2 is 2.53 bits per heavy atom. The number of aryl methyl sites for hydroxylation is 1. The number of hydrogen-bond acceptors (Lipinski definition) is 3. The summed E-state index contributed by atoms with van der Waals surface area (Å²) >= 11 is 0. The zero-order valence-electron chi connectivity index (χ0n) is 10.2. The van der Waals surface area contributed by atoms with Crippen LogP contribution in [0, 0.1) is 6.07 Å². The molecule has 0 bridgehead atoms. The van der Waals surface area contributed by atoms with Crippen molar-refractivity contribution in [1.29, 1.82) is 0 Å². The van der Waals surface area contributed by atoms with Gasteiger partial charge in [0, 0.05) is 5.69 Å². The van der Waals surface area contributed by atoms with E-state index in [1.165, 1.54) is 5.56 Å². The van der Waals surface area contributed by atoms with Gasteiger partial charge >= 0.3 is 5.97 Å². The van der Waals surface area contributed by atoms with Gasteiger partial charge in [0.1, 0.15) is 6.04 Å². The number of carbonyl (C=O) groups is 1. The first-order chi connectivity index (χ1) is 8.31. The Bertz CT molecular complexity index is 390. The number of carbonyl (C=O) groups excluding carboxylic acids is 1. The molecule has 1 aromatic carbocycles. The second-order valence-corrected chi connectivity index (χ2v) is 4.34. The molecule has 0 amide bonds. The molecule has 3 heteroatoms. The van der Waals surface area contributed by atoms with E-state index in [1.54, 1.807) is 0 Å². The minimum absolute atomic E-state index is 0.132. The van der Waals surface area contributed by atoms with Gasteiger partial charge in [-0.3, -0.25) is 0 Å². The van der Waals surface area contributed by atoms with Gasteiger partial charge in [-0.05, 0) is 37.0 Å². The van der Waals surface area contributed by atoms with Gasteiger partial charge in [0.25, 0.3) is 0 Å². The average molecular weight is 232 g/mol. The Kier molecular flexibility index (Phi) is 4.02. The van der Waals surface area contributed by atoms with Crippen molar-refractivity contribution < 1.29 is 9.53 Å². The SMILES string of the molecule is CCCCOC(=O)C1CCc2cc[c]cc2N1. The van der Waals surface area contributed by atoms with Crippen LogP contribution in [0.5, 0.6) is 0 Å². The summed E-state index contributed by atoms with van der Waals surface area (Å²) in [4.78, 5) is 11.8. The minimum Gasteiger partial charge on any atom is -0.464 e. The summed E-state index contributed by atoms with van der Waals surface area (Å²) in [6.07, 6.45) is 3.71. The third kappa shape index (κ3) is 2.99. The predicted molar refractivity (Wildman–Crippen MR) is 66.9 cm³/mol. The molecule has 1 aromatic rings. The monoisotopic (exact) mass is 232 g/mol. The highest BCUT2D eigenvalue weighted by molar-refractivity contribution is 5.80. The fourth-order valence-corrected chi connectivity index (χ4v) is 1.97. The quantitative estimate of drug-likeness (QED) is 0.640. The second-order valence-electron chi connectivity index (χ2n) is 4.34. The molecule has 1 unspecified atom stereocenters. The van der Waals surface area contributed by atoms with Gasteiger partial charge in [0.2, 0.25) is 0 Å². The highest BCUT2D eigenvalue weighted by atomic mass is 16.5. The second kappa shape index (κ2) is 5.71. The smallest absolute Gasteiger partial charge is 0.328 e. The normalized spacial score (nSPS) is 18.1. The average Bonchev–Trinajstić information content (AvgIpc) is 2.38. The number of ether oxygens (including phenoxy) is 1. The van der Waals surface area contributed by atoms with Crippen LogP contribution in [0.4, 0.5) is 5.69 Å². The first kappa shape index (κ1) is 12.0. The van der Waals surface area contributed by atoms with Crippen molar-refractivity contribution in [3.63, 3.8) is 0 Å². The minimum atomic E-state index is -0.199. The van der Waals surface area contributed by atoms with Crippen LogP contribution >= 0.6 is 0 Å². The maximum Gasteiger partial charge on any atom is 0.328 e. The van der Waals surface area contributed by atoms with E-state index < -0.39 is 0 Å². The third-order valence-electron chi connectivity index (χ3n) is 3.01. The van der Waals surface area contributed by atoms with Crippen LogP contribution in [0.15, 0.2) is 18.2 Å². The van der Waals surface area contributed by atoms with E-state index in [4.69, 9.17) is 4.74 Å². The maximum absolute atomic E-state index is 11.8. The highest BCUT2D eigenvalue weighted by Crippen LogP contribution is 2.24. The number of esters is 1. The highest BCUT2D eigenvalue weighted by Gasteiger charge is 2.24. The lowest BCUT2D eigenvalue weighted by molar-refractivity contribution is -0.144. The molecule has 1 N–H and O–H groups in total. The summed E-state index contributed by atoms with van der Waals surface area (Å²) in [6.45, 7) is 2.61. The Labute approximate surface area is 102 Å². The molecule has 1 aliphatic rings. The van der Waals surface area contributed by atoms with Gasteiger partial charge in [-0.25, -0.2) is 4.79 Å². The lowest BCUT2D eigenvalue weighted by Gasteiger charge is -2.25. The number of fused-ring (bicyclic) bond motifs is 1. The molecule has 0 saturated carbocycles. The van der Waals surface area contributed by atoms with Crippen LogP contribution in [0.2, 0.25) is 0 Å². The molecular formula is C14H18NO2. The fourth-order valence-electron chi connectivity index (χ4n) is 1.97. The number of nitrogens with one attached hydrogen (secondary N) is 1. The number of unbranched alkanes of at least 4 members (excludes halogenated alkanes) is 1. The van der Waals surface area contributed by atoms with E-state index in [0.717, 1.165) is 31.4 Å². The van der Waals surface area contributed by atoms with Gasteiger partial charge < -0.3 is 10.1 Å². The van der Waals surface area contributed by atoms with Crippen molar-refractivity contribution in [2.75, 3.05) is 11.9 Å². The molecule has 0 spiro atoms. The largest absolute Gasteiger partial charge is 0.464 e. The third-order valence-corrected chi connectivity index (χ3v) is 3.01. The lowest BCUT2D eigenvalue weighted by Crippen LogP contribution is -2.35. The number of rotatable bonds is 4. The Balaban J connectivity index is 1.91. The molecule has 0 fully saturated rings. The molecule has 2 rings (SSSR count). The van der Waals surface area contributed by atoms with Gasteiger partial charge in [-0.15, -0.1) is 0 Å². The van der Waals surface area contributed by atoms with Crippen LogP contribution < -0.4 is 5.32 Å². The molecule has 1 radical (unpaired) electrons. The molecule has 1 atom stereocenters. The van der Waals surface area contributed by atoms with E-state index in [9.17, 15) is 4.79 Å². The van der Waals surface area contributed by atoms with Crippen LogP contribution in [0.3, 0.4) is 0 Å². The van der Waals surface area contributed by atoms with Crippen molar-refractivity contribution in [3.8, 4) is 0 Å². The Morgan fingerprint density at radius 3 is 3.35 bits per heavy atom. The number of benzene rings is 1. The topological polar surface area (TPSA) is 38.3 Å². The van der Waals surface area contributed by atoms with E-state index in [0.29, 0.717) is 6.61 Å². The standard InChI is InChI=1S/C14H18NO2/c1-2-3-10-17-14(16)13-9-8-11-6-4-5-7-12(11)15-13/h4,6-7,13,15H,2-3,8-10H2,1H3. The molecule has 1 heterocycles. The molecule has 17 heavy (non-hydrogen) atoms. The van der Waals surface area contributed by atoms with Gasteiger partial charge in [0.05, 0.1) is 6.61 Å². The zero-order valence-corrected chi connectivity index (χ0v) is 10.2. The number of hydrogen-bond donors (Lipinski definition) is 1. The van der Waals surface area contributed by atoms with E-state index in [-0.39, 0.29) is 12.0 Å². The molecule has 1 aliphatic heterocycles. The summed E-state index contributed by atoms with van der Waals surface area (Å²) < 4.78 is 5.23. The molecule has 0 aromatic heterocycles. The van der Waals surface area contributed by atoms with Crippen LogP contribution in [-0.4, -0.2) is 18.6 Å². The Hall–Kier alpha value is -1.51. The van der Waals surface area contributed by atoms with Gasteiger partial charge in [0.15, 0.2) is 0 Å². The van der Waals surface area contributed by atoms with Crippen molar-refractivity contribution in [2.24, 2.45) is 0 Å². The van der Waals surface area contributed by atoms with Crippen molar-refractivity contribution in [2.45, 2.75) is 38.6 Å².